The van der Waals surface area contributed by atoms with Crippen LogP contribution in [-0.4, -0.2) is 34.2 Å². The number of hydrogen-bond acceptors (Lipinski definition) is 5. The third kappa shape index (κ3) is 4.01. The summed E-state index contributed by atoms with van der Waals surface area (Å²) in [6.07, 6.45) is 0. The van der Waals surface area contributed by atoms with Crippen molar-refractivity contribution in [1.29, 1.82) is 0 Å². The molecule has 1 heterocycles. The summed E-state index contributed by atoms with van der Waals surface area (Å²) in [6, 6.07) is 9.38. The molecule has 2 N–H and O–H groups in total. The van der Waals surface area contributed by atoms with Gasteiger partial charge in [-0.05, 0) is 36.8 Å². The number of nitro groups is 1. The van der Waals surface area contributed by atoms with Crippen molar-refractivity contribution in [3.05, 3.63) is 68.2 Å². The van der Waals surface area contributed by atoms with Crippen LogP contribution in [-0.2, 0) is 15.1 Å². The number of carbonyl (C=O) groups is 3. The van der Waals surface area contributed by atoms with Gasteiger partial charge in [-0.25, -0.2) is 4.79 Å². The standard InChI is InChI=1S/C18H14Cl2N4O5/c1-18(10-2-4-11(19)5-3-10)16(26)23(17(27)22-18)9-15(25)21-12-6-7-13(20)14(8-12)24(28)29/h2-8H,9H2,1H3,(H,21,25)(H,22,27). The van der Waals surface area contributed by atoms with Crippen LogP contribution in [0.5, 0.6) is 0 Å². The first-order chi connectivity index (χ1) is 13.6. The molecule has 0 saturated carbocycles. The first kappa shape index (κ1) is 20.6. The number of nitrogens with zero attached hydrogens (tertiary/aromatic N) is 2. The Labute approximate surface area is 174 Å². The van der Waals surface area contributed by atoms with E-state index in [0.29, 0.717) is 10.6 Å². The molecule has 150 valence electrons. The van der Waals surface area contributed by atoms with Gasteiger partial charge in [-0.2, -0.15) is 0 Å². The number of benzene rings is 2. The van der Waals surface area contributed by atoms with Gasteiger partial charge in [0.05, 0.1) is 4.92 Å². The molecule has 3 rings (SSSR count). The highest BCUT2D eigenvalue weighted by Crippen LogP contribution is 2.30. The molecule has 11 heteroatoms. The zero-order valence-electron chi connectivity index (χ0n) is 14.9. The maximum Gasteiger partial charge on any atom is 0.325 e. The van der Waals surface area contributed by atoms with Crippen LogP contribution >= 0.6 is 23.2 Å². The zero-order valence-corrected chi connectivity index (χ0v) is 16.5. The molecule has 0 aliphatic carbocycles. The molecule has 1 aliphatic rings. The minimum Gasteiger partial charge on any atom is -0.324 e. The quantitative estimate of drug-likeness (QED) is 0.422. The van der Waals surface area contributed by atoms with Crippen molar-refractivity contribution >= 4 is 52.4 Å². The predicted octanol–water partition coefficient (Wildman–Crippen LogP) is 3.31. The van der Waals surface area contributed by atoms with E-state index in [9.17, 15) is 24.5 Å². The minimum atomic E-state index is -1.35. The van der Waals surface area contributed by atoms with Crippen molar-refractivity contribution in [3.8, 4) is 0 Å². The van der Waals surface area contributed by atoms with Crippen LogP contribution in [0.25, 0.3) is 0 Å². The van der Waals surface area contributed by atoms with Crippen molar-refractivity contribution in [2.75, 3.05) is 11.9 Å². The molecule has 0 radical (unpaired) electrons. The molecular weight excluding hydrogens is 423 g/mol. The lowest BCUT2D eigenvalue weighted by Gasteiger charge is -2.22. The van der Waals surface area contributed by atoms with Crippen molar-refractivity contribution in [2.45, 2.75) is 12.5 Å². The zero-order chi connectivity index (χ0) is 21.3. The third-order valence-electron chi connectivity index (χ3n) is 4.42. The second kappa shape index (κ2) is 7.69. The van der Waals surface area contributed by atoms with Gasteiger partial charge in [0.2, 0.25) is 5.91 Å². The first-order valence-corrected chi connectivity index (χ1v) is 9.01. The van der Waals surface area contributed by atoms with Gasteiger partial charge in [-0.3, -0.25) is 24.6 Å². The van der Waals surface area contributed by atoms with Crippen molar-refractivity contribution in [3.63, 3.8) is 0 Å². The van der Waals surface area contributed by atoms with E-state index in [-0.39, 0.29) is 16.4 Å². The lowest BCUT2D eigenvalue weighted by atomic mass is 9.92. The lowest BCUT2D eigenvalue weighted by Crippen LogP contribution is -2.42. The van der Waals surface area contributed by atoms with E-state index in [1.807, 2.05) is 0 Å². The van der Waals surface area contributed by atoms with Crippen LogP contribution in [0.3, 0.4) is 0 Å². The van der Waals surface area contributed by atoms with Crippen LogP contribution in [0.1, 0.15) is 12.5 Å². The Hall–Kier alpha value is -3.17. The smallest absolute Gasteiger partial charge is 0.324 e. The molecule has 1 unspecified atom stereocenters. The Morgan fingerprint density at radius 2 is 1.86 bits per heavy atom. The molecule has 1 aliphatic heterocycles. The number of amides is 4. The van der Waals surface area contributed by atoms with E-state index in [2.05, 4.69) is 10.6 Å². The minimum absolute atomic E-state index is 0.0826. The number of hydrogen-bond donors (Lipinski definition) is 2. The molecule has 0 bridgehead atoms. The van der Waals surface area contributed by atoms with Gasteiger partial charge in [0, 0.05) is 16.8 Å². The Kier molecular flexibility index (Phi) is 5.45. The highest BCUT2D eigenvalue weighted by atomic mass is 35.5. The van der Waals surface area contributed by atoms with Gasteiger partial charge in [0.1, 0.15) is 17.1 Å². The van der Waals surface area contributed by atoms with Gasteiger partial charge in [0.15, 0.2) is 0 Å². The predicted molar refractivity (Wildman–Crippen MR) is 106 cm³/mol. The summed E-state index contributed by atoms with van der Waals surface area (Å²) in [6.45, 7) is 0.960. The normalized spacial score (nSPS) is 18.5. The number of nitro benzene ring substituents is 1. The second-order valence-electron chi connectivity index (χ2n) is 6.42. The van der Waals surface area contributed by atoms with Gasteiger partial charge >= 0.3 is 6.03 Å². The Morgan fingerprint density at radius 3 is 2.48 bits per heavy atom. The molecule has 9 nitrogen and oxygen atoms in total. The number of carbonyl (C=O) groups excluding carboxylic acids is 3. The van der Waals surface area contributed by atoms with E-state index in [0.717, 1.165) is 11.0 Å². The van der Waals surface area contributed by atoms with Crippen LogP contribution in [0.15, 0.2) is 42.5 Å². The second-order valence-corrected chi connectivity index (χ2v) is 7.27. The van der Waals surface area contributed by atoms with Gasteiger partial charge in [-0.1, -0.05) is 35.3 Å². The van der Waals surface area contributed by atoms with Crippen molar-refractivity contribution in [2.24, 2.45) is 0 Å². The third-order valence-corrected chi connectivity index (χ3v) is 5.00. The van der Waals surface area contributed by atoms with E-state index in [1.54, 1.807) is 24.3 Å². The summed E-state index contributed by atoms with van der Waals surface area (Å²) in [5.74, 6) is -1.31. The molecule has 1 atom stereocenters. The molecule has 29 heavy (non-hydrogen) atoms. The number of nitrogens with one attached hydrogen (secondary N) is 2. The monoisotopic (exact) mass is 436 g/mol. The number of anilines is 1. The summed E-state index contributed by atoms with van der Waals surface area (Å²) >= 11 is 11.6. The summed E-state index contributed by atoms with van der Waals surface area (Å²) < 4.78 is 0. The molecule has 0 aromatic heterocycles. The molecule has 0 spiro atoms. The van der Waals surface area contributed by atoms with Gasteiger partial charge < -0.3 is 10.6 Å². The fourth-order valence-electron chi connectivity index (χ4n) is 2.89. The maximum absolute atomic E-state index is 12.8. The van der Waals surface area contributed by atoms with Crippen LogP contribution in [0.2, 0.25) is 10.0 Å². The molecular formula is C18H14Cl2N4O5. The van der Waals surface area contributed by atoms with Gasteiger partial charge in [-0.15, -0.1) is 0 Å². The summed E-state index contributed by atoms with van der Waals surface area (Å²) in [4.78, 5) is 48.5. The van der Waals surface area contributed by atoms with Crippen LogP contribution in [0, 0.1) is 10.1 Å². The number of imide groups is 1. The SMILES string of the molecule is CC1(c2ccc(Cl)cc2)NC(=O)N(CC(=O)Nc2ccc(Cl)c([N+](=O)[O-])c2)C1=O. The van der Waals surface area contributed by atoms with E-state index in [4.69, 9.17) is 23.2 Å². The molecule has 4 amide bonds. The number of rotatable bonds is 5. The Bertz CT molecular complexity index is 1030. The molecule has 1 saturated heterocycles. The molecule has 2 aromatic rings. The fourth-order valence-corrected chi connectivity index (χ4v) is 3.21. The number of urea groups is 1. The van der Waals surface area contributed by atoms with Gasteiger partial charge in [0.25, 0.3) is 11.6 Å². The van der Waals surface area contributed by atoms with Crippen LogP contribution < -0.4 is 10.6 Å². The van der Waals surface area contributed by atoms with E-state index in [1.165, 1.54) is 19.1 Å². The summed E-state index contributed by atoms with van der Waals surface area (Å²) in [5.41, 5.74) is -1.11. The average Bonchev–Trinajstić information content (AvgIpc) is 2.87. The average molecular weight is 437 g/mol. The number of halogens is 2. The Balaban J connectivity index is 1.75. The largest absolute Gasteiger partial charge is 0.325 e. The van der Waals surface area contributed by atoms with Crippen LogP contribution in [0.4, 0.5) is 16.2 Å². The maximum atomic E-state index is 12.8. The lowest BCUT2D eigenvalue weighted by molar-refractivity contribution is -0.384. The summed E-state index contributed by atoms with van der Waals surface area (Å²) in [5, 5.41) is 16.3. The highest BCUT2D eigenvalue weighted by Gasteiger charge is 2.49. The van der Waals surface area contributed by atoms with Crippen molar-refractivity contribution in [1.82, 2.24) is 10.2 Å². The molecule has 1 fully saturated rings. The van der Waals surface area contributed by atoms with E-state index >= 15 is 0 Å². The highest BCUT2D eigenvalue weighted by molar-refractivity contribution is 6.32. The first-order valence-electron chi connectivity index (χ1n) is 8.26. The summed E-state index contributed by atoms with van der Waals surface area (Å²) in [7, 11) is 0. The Morgan fingerprint density at radius 1 is 1.21 bits per heavy atom. The van der Waals surface area contributed by atoms with E-state index < -0.39 is 34.9 Å². The topological polar surface area (TPSA) is 122 Å². The molecule has 2 aromatic carbocycles. The fraction of sp³-hybridized carbons (Fsp3) is 0.167. The van der Waals surface area contributed by atoms with Crippen molar-refractivity contribution < 1.29 is 19.3 Å².